The van der Waals surface area contributed by atoms with E-state index in [0.717, 1.165) is 6.54 Å². The van der Waals surface area contributed by atoms with Gasteiger partial charge >= 0.3 is 0 Å². The molecule has 0 amide bonds. The first-order valence-electron chi connectivity index (χ1n) is 5.77. The summed E-state index contributed by atoms with van der Waals surface area (Å²) in [7, 11) is 1.96. The van der Waals surface area contributed by atoms with Crippen molar-refractivity contribution in [2.75, 3.05) is 13.6 Å². The maximum atomic E-state index is 3.09. The highest BCUT2D eigenvalue weighted by Gasteiger charge is 1.91. The van der Waals surface area contributed by atoms with E-state index in [1.165, 1.54) is 30.4 Å². The predicted octanol–water partition coefficient (Wildman–Crippen LogP) is 3.26. The molecule has 1 rings (SSSR count). The van der Waals surface area contributed by atoms with Gasteiger partial charge in [-0.25, -0.2) is 0 Å². The van der Waals surface area contributed by atoms with Crippen molar-refractivity contribution in [2.45, 2.75) is 26.2 Å². The molecular weight excluding hydrogens is 182 g/mol. The summed E-state index contributed by atoms with van der Waals surface area (Å²) >= 11 is 0. The molecule has 15 heavy (non-hydrogen) atoms. The second-order valence-electron chi connectivity index (χ2n) is 3.81. The summed E-state index contributed by atoms with van der Waals surface area (Å²) in [5, 5.41) is 3.09. The first-order chi connectivity index (χ1) is 7.36. The standard InChI is InChI=1S/C14H21N/c1-3-4-6-13-8-10-14(11-9-13)7-5-12-15-2/h5,7-11,15H,3-4,6,12H2,1-2H3. The van der Waals surface area contributed by atoms with Crippen LogP contribution in [0.1, 0.15) is 30.9 Å². The van der Waals surface area contributed by atoms with Gasteiger partial charge in [0.15, 0.2) is 0 Å². The quantitative estimate of drug-likeness (QED) is 0.748. The van der Waals surface area contributed by atoms with E-state index in [-0.39, 0.29) is 0 Å². The summed E-state index contributed by atoms with van der Waals surface area (Å²) in [5.74, 6) is 0. The number of hydrogen-bond donors (Lipinski definition) is 1. The molecule has 0 aliphatic heterocycles. The molecule has 0 spiro atoms. The summed E-state index contributed by atoms with van der Waals surface area (Å²) < 4.78 is 0. The zero-order chi connectivity index (χ0) is 10.9. The number of nitrogens with one attached hydrogen (secondary N) is 1. The molecule has 0 fully saturated rings. The van der Waals surface area contributed by atoms with E-state index < -0.39 is 0 Å². The number of benzene rings is 1. The van der Waals surface area contributed by atoms with Crippen LogP contribution in [-0.2, 0) is 6.42 Å². The Morgan fingerprint density at radius 3 is 2.53 bits per heavy atom. The summed E-state index contributed by atoms with van der Waals surface area (Å²) in [6, 6.07) is 8.84. The predicted molar refractivity (Wildman–Crippen MR) is 68.0 cm³/mol. The summed E-state index contributed by atoms with van der Waals surface area (Å²) in [4.78, 5) is 0. The van der Waals surface area contributed by atoms with Gasteiger partial charge in [0.2, 0.25) is 0 Å². The van der Waals surface area contributed by atoms with E-state index in [2.05, 4.69) is 48.7 Å². The van der Waals surface area contributed by atoms with Crippen LogP contribution in [0.15, 0.2) is 30.3 Å². The van der Waals surface area contributed by atoms with Gasteiger partial charge in [0.25, 0.3) is 0 Å². The van der Waals surface area contributed by atoms with Crippen LogP contribution in [-0.4, -0.2) is 13.6 Å². The number of unbranched alkanes of at least 4 members (excludes halogenated alkanes) is 1. The van der Waals surface area contributed by atoms with Gasteiger partial charge in [0, 0.05) is 6.54 Å². The minimum absolute atomic E-state index is 0.928. The van der Waals surface area contributed by atoms with Gasteiger partial charge < -0.3 is 5.32 Å². The highest BCUT2D eigenvalue weighted by atomic mass is 14.8. The molecule has 82 valence electrons. The molecule has 0 heterocycles. The fraction of sp³-hybridized carbons (Fsp3) is 0.429. The molecule has 0 aromatic heterocycles. The molecule has 0 unspecified atom stereocenters. The molecule has 1 aromatic carbocycles. The summed E-state index contributed by atoms with van der Waals surface area (Å²) in [6.45, 7) is 3.16. The van der Waals surface area contributed by atoms with E-state index in [4.69, 9.17) is 0 Å². The monoisotopic (exact) mass is 203 g/mol. The van der Waals surface area contributed by atoms with Gasteiger partial charge in [0.05, 0.1) is 0 Å². The van der Waals surface area contributed by atoms with E-state index in [1.54, 1.807) is 0 Å². The van der Waals surface area contributed by atoms with E-state index in [1.807, 2.05) is 7.05 Å². The van der Waals surface area contributed by atoms with Gasteiger partial charge in [-0.3, -0.25) is 0 Å². The SMILES string of the molecule is CCCCc1ccc(C=CCNC)cc1. The maximum Gasteiger partial charge on any atom is 0.0135 e. The first kappa shape index (κ1) is 12.0. The summed E-state index contributed by atoms with van der Waals surface area (Å²) in [5.41, 5.74) is 2.73. The van der Waals surface area contributed by atoms with Crippen molar-refractivity contribution in [3.05, 3.63) is 41.5 Å². The highest BCUT2D eigenvalue weighted by molar-refractivity contribution is 5.49. The number of rotatable bonds is 6. The Labute approximate surface area is 93.2 Å². The lowest BCUT2D eigenvalue weighted by Crippen LogP contribution is -2.03. The van der Waals surface area contributed by atoms with Crippen LogP contribution in [0.3, 0.4) is 0 Å². The zero-order valence-corrected chi connectivity index (χ0v) is 9.79. The van der Waals surface area contributed by atoms with Gasteiger partial charge in [-0.15, -0.1) is 0 Å². The summed E-state index contributed by atoms with van der Waals surface area (Å²) in [6.07, 6.45) is 8.05. The molecule has 0 aliphatic carbocycles. The lowest BCUT2D eigenvalue weighted by atomic mass is 10.1. The minimum Gasteiger partial charge on any atom is -0.316 e. The fourth-order valence-electron chi connectivity index (χ4n) is 1.49. The minimum atomic E-state index is 0.928. The first-order valence-corrected chi connectivity index (χ1v) is 5.77. The molecular formula is C14H21N. The van der Waals surface area contributed by atoms with Crippen LogP contribution < -0.4 is 5.32 Å². The van der Waals surface area contributed by atoms with Crippen LogP contribution in [0.2, 0.25) is 0 Å². The maximum absolute atomic E-state index is 3.09. The molecule has 0 aliphatic rings. The molecule has 1 aromatic rings. The average molecular weight is 203 g/mol. The molecule has 0 saturated heterocycles. The van der Waals surface area contributed by atoms with Crippen LogP contribution in [0, 0.1) is 0 Å². The Balaban J connectivity index is 2.48. The second-order valence-corrected chi connectivity index (χ2v) is 3.81. The normalized spacial score (nSPS) is 11.1. The molecule has 0 saturated carbocycles. The van der Waals surface area contributed by atoms with Crippen molar-refractivity contribution in [1.29, 1.82) is 0 Å². The van der Waals surface area contributed by atoms with Crippen LogP contribution >= 0.6 is 0 Å². The van der Waals surface area contributed by atoms with Crippen molar-refractivity contribution < 1.29 is 0 Å². The van der Waals surface area contributed by atoms with Crippen LogP contribution in [0.4, 0.5) is 0 Å². The number of aryl methyl sites for hydroxylation is 1. The number of hydrogen-bond acceptors (Lipinski definition) is 1. The van der Waals surface area contributed by atoms with Gasteiger partial charge in [-0.05, 0) is 31.0 Å². The molecule has 1 nitrogen and oxygen atoms in total. The lowest BCUT2D eigenvalue weighted by Gasteiger charge is -2.00. The van der Waals surface area contributed by atoms with Crippen molar-refractivity contribution in [2.24, 2.45) is 0 Å². The van der Waals surface area contributed by atoms with Crippen LogP contribution in [0.5, 0.6) is 0 Å². The zero-order valence-electron chi connectivity index (χ0n) is 9.79. The lowest BCUT2D eigenvalue weighted by molar-refractivity contribution is 0.795. The third-order valence-corrected chi connectivity index (χ3v) is 2.43. The fourth-order valence-corrected chi connectivity index (χ4v) is 1.49. The molecule has 1 heteroatoms. The second kappa shape index (κ2) is 7.24. The van der Waals surface area contributed by atoms with Crippen molar-refractivity contribution >= 4 is 6.08 Å². The van der Waals surface area contributed by atoms with Gasteiger partial charge in [-0.2, -0.15) is 0 Å². The smallest absolute Gasteiger partial charge is 0.0135 e. The van der Waals surface area contributed by atoms with Gasteiger partial charge in [-0.1, -0.05) is 49.8 Å². The highest BCUT2D eigenvalue weighted by Crippen LogP contribution is 2.08. The third kappa shape index (κ3) is 4.80. The molecule has 0 radical (unpaired) electrons. The number of likely N-dealkylation sites (N-methyl/N-ethyl adjacent to an activating group) is 1. The van der Waals surface area contributed by atoms with E-state index >= 15 is 0 Å². The van der Waals surface area contributed by atoms with E-state index in [0.29, 0.717) is 0 Å². The Hall–Kier alpha value is -1.08. The topological polar surface area (TPSA) is 12.0 Å². The van der Waals surface area contributed by atoms with Crippen molar-refractivity contribution in [3.63, 3.8) is 0 Å². The van der Waals surface area contributed by atoms with E-state index in [9.17, 15) is 0 Å². The third-order valence-electron chi connectivity index (χ3n) is 2.43. The van der Waals surface area contributed by atoms with Gasteiger partial charge in [0.1, 0.15) is 0 Å². The van der Waals surface area contributed by atoms with Crippen molar-refractivity contribution in [3.8, 4) is 0 Å². The van der Waals surface area contributed by atoms with Crippen molar-refractivity contribution in [1.82, 2.24) is 5.32 Å². The Morgan fingerprint density at radius 1 is 1.20 bits per heavy atom. The van der Waals surface area contributed by atoms with Crippen LogP contribution in [0.25, 0.3) is 6.08 Å². The Kier molecular flexibility index (Phi) is 5.79. The molecule has 1 N–H and O–H groups in total. The average Bonchev–Trinajstić information content (AvgIpc) is 2.28. The Morgan fingerprint density at radius 2 is 1.93 bits per heavy atom. The largest absolute Gasteiger partial charge is 0.316 e. The molecule has 0 bridgehead atoms. The molecule has 0 atom stereocenters. The Bertz CT molecular complexity index is 285.